The van der Waals surface area contributed by atoms with Crippen molar-refractivity contribution in [2.24, 2.45) is 5.92 Å². The van der Waals surface area contributed by atoms with Gasteiger partial charge in [-0.1, -0.05) is 31.4 Å². The normalized spacial score (nSPS) is 22.2. The van der Waals surface area contributed by atoms with Crippen LogP contribution in [0.5, 0.6) is 11.5 Å². The predicted octanol–water partition coefficient (Wildman–Crippen LogP) is 3.86. The summed E-state index contributed by atoms with van der Waals surface area (Å²) in [5.41, 5.74) is 1.04. The van der Waals surface area contributed by atoms with Gasteiger partial charge in [0.1, 0.15) is 5.37 Å². The van der Waals surface area contributed by atoms with Crippen molar-refractivity contribution in [3.05, 3.63) is 23.8 Å². The number of carbonyl (C=O) groups is 1. The summed E-state index contributed by atoms with van der Waals surface area (Å²) in [6.07, 6.45) is 5.73. The Morgan fingerprint density at radius 2 is 1.96 bits per heavy atom. The maximum atomic E-state index is 13.0. The van der Waals surface area contributed by atoms with Crippen LogP contribution in [0.15, 0.2) is 18.2 Å². The summed E-state index contributed by atoms with van der Waals surface area (Å²) in [5.74, 6) is 2.98. The summed E-state index contributed by atoms with van der Waals surface area (Å²) < 4.78 is 11.0. The van der Waals surface area contributed by atoms with Crippen molar-refractivity contribution >= 4 is 17.7 Å². The number of ether oxygens (including phenoxy) is 2. The van der Waals surface area contributed by atoms with E-state index in [9.17, 15) is 4.79 Å². The number of amides is 1. The lowest BCUT2D eigenvalue weighted by atomic mass is 9.88. The van der Waals surface area contributed by atoms with Gasteiger partial charge in [-0.3, -0.25) is 4.79 Å². The third-order valence-corrected chi connectivity index (χ3v) is 6.07. The number of methoxy groups -OCH3 is 2. The molecule has 2 fully saturated rings. The molecule has 1 saturated carbocycles. The molecule has 1 aromatic rings. The second kappa shape index (κ2) is 7.47. The largest absolute Gasteiger partial charge is 0.493 e. The number of thioether (sulfide) groups is 1. The molecule has 1 aliphatic heterocycles. The third kappa shape index (κ3) is 3.30. The quantitative estimate of drug-likeness (QED) is 0.837. The molecule has 0 bridgehead atoms. The monoisotopic (exact) mass is 335 g/mol. The minimum atomic E-state index is 0.0366. The van der Waals surface area contributed by atoms with E-state index in [1.807, 2.05) is 30.0 Å². The van der Waals surface area contributed by atoms with Gasteiger partial charge in [0.05, 0.1) is 14.2 Å². The first-order valence-electron chi connectivity index (χ1n) is 8.39. The highest BCUT2D eigenvalue weighted by atomic mass is 32.2. The molecule has 0 aromatic heterocycles. The Morgan fingerprint density at radius 1 is 1.17 bits per heavy atom. The van der Waals surface area contributed by atoms with Gasteiger partial charge in [0.15, 0.2) is 11.5 Å². The lowest BCUT2D eigenvalue weighted by Crippen LogP contribution is -2.36. The first kappa shape index (κ1) is 16.5. The van der Waals surface area contributed by atoms with Crippen LogP contribution >= 0.6 is 11.8 Å². The Morgan fingerprint density at radius 3 is 2.65 bits per heavy atom. The summed E-state index contributed by atoms with van der Waals surface area (Å²) in [4.78, 5) is 15.0. The summed E-state index contributed by atoms with van der Waals surface area (Å²) in [7, 11) is 3.31. The van der Waals surface area contributed by atoms with Gasteiger partial charge in [0.25, 0.3) is 0 Å². The van der Waals surface area contributed by atoms with Gasteiger partial charge in [-0.25, -0.2) is 0 Å². The molecular formula is C18H25NO3S. The zero-order valence-corrected chi connectivity index (χ0v) is 14.7. The van der Waals surface area contributed by atoms with Crippen molar-refractivity contribution < 1.29 is 14.3 Å². The highest BCUT2D eigenvalue weighted by molar-refractivity contribution is 7.99. The Labute approximate surface area is 142 Å². The number of rotatable bonds is 4. The number of hydrogen-bond donors (Lipinski definition) is 0. The average molecular weight is 335 g/mol. The zero-order chi connectivity index (χ0) is 16.2. The lowest BCUT2D eigenvalue weighted by Gasteiger charge is -2.31. The molecule has 2 aliphatic rings. The molecule has 0 radical (unpaired) electrons. The topological polar surface area (TPSA) is 38.8 Å². The van der Waals surface area contributed by atoms with Crippen LogP contribution in [0.2, 0.25) is 0 Å². The second-order valence-electron chi connectivity index (χ2n) is 6.17. The molecule has 126 valence electrons. The van der Waals surface area contributed by atoms with E-state index in [-0.39, 0.29) is 11.3 Å². The molecule has 0 N–H and O–H groups in total. The molecule has 1 atom stereocenters. The number of benzene rings is 1. The first-order chi connectivity index (χ1) is 11.3. The molecule has 3 rings (SSSR count). The molecular weight excluding hydrogens is 310 g/mol. The van der Waals surface area contributed by atoms with Gasteiger partial charge >= 0.3 is 0 Å². The molecule has 1 aliphatic carbocycles. The number of hydrogen-bond acceptors (Lipinski definition) is 4. The van der Waals surface area contributed by atoms with Crippen molar-refractivity contribution in [3.8, 4) is 11.5 Å². The van der Waals surface area contributed by atoms with Crippen molar-refractivity contribution in [1.29, 1.82) is 0 Å². The van der Waals surface area contributed by atoms with Crippen LogP contribution < -0.4 is 9.47 Å². The van der Waals surface area contributed by atoms with Crippen LogP contribution in [-0.4, -0.2) is 37.3 Å². The molecule has 1 saturated heterocycles. The maximum absolute atomic E-state index is 13.0. The van der Waals surface area contributed by atoms with Crippen molar-refractivity contribution in [1.82, 2.24) is 4.90 Å². The Hall–Kier alpha value is -1.36. The molecule has 0 spiro atoms. The van der Waals surface area contributed by atoms with Crippen molar-refractivity contribution in [2.75, 3.05) is 26.5 Å². The lowest BCUT2D eigenvalue weighted by molar-refractivity contribution is -0.136. The maximum Gasteiger partial charge on any atom is 0.226 e. The van der Waals surface area contributed by atoms with Gasteiger partial charge in [0, 0.05) is 23.8 Å². The fraction of sp³-hybridized carbons (Fsp3) is 0.611. The Bertz CT molecular complexity index is 557. The summed E-state index contributed by atoms with van der Waals surface area (Å²) >= 11 is 1.81. The van der Waals surface area contributed by atoms with E-state index in [4.69, 9.17) is 9.47 Å². The van der Waals surface area contributed by atoms with Gasteiger partial charge in [0.2, 0.25) is 5.91 Å². The minimum absolute atomic E-state index is 0.0366. The predicted molar refractivity (Wildman–Crippen MR) is 93.0 cm³/mol. The molecule has 1 amide bonds. The minimum Gasteiger partial charge on any atom is -0.493 e. The highest BCUT2D eigenvalue weighted by Crippen LogP contribution is 2.46. The van der Waals surface area contributed by atoms with Crippen LogP contribution in [0.3, 0.4) is 0 Å². The fourth-order valence-electron chi connectivity index (χ4n) is 3.64. The number of carbonyl (C=O) groups excluding carboxylic acids is 1. The molecule has 4 nitrogen and oxygen atoms in total. The molecule has 1 aromatic carbocycles. The third-order valence-electron chi connectivity index (χ3n) is 4.83. The number of para-hydroxylation sites is 1. The van der Waals surface area contributed by atoms with E-state index < -0.39 is 0 Å². The SMILES string of the molecule is COc1cccc(C2SCCN2C(=O)C2CCCCC2)c1OC. The van der Waals surface area contributed by atoms with Gasteiger partial charge < -0.3 is 14.4 Å². The fourth-order valence-corrected chi connectivity index (χ4v) is 4.92. The highest BCUT2D eigenvalue weighted by Gasteiger charge is 2.36. The second-order valence-corrected chi connectivity index (χ2v) is 7.36. The first-order valence-corrected chi connectivity index (χ1v) is 9.44. The summed E-state index contributed by atoms with van der Waals surface area (Å²) in [6.45, 7) is 0.824. The van der Waals surface area contributed by atoms with Crippen molar-refractivity contribution in [2.45, 2.75) is 37.5 Å². The van der Waals surface area contributed by atoms with Crippen molar-refractivity contribution in [3.63, 3.8) is 0 Å². The van der Waals surface area contributed by atoms with E-state index in [0.717, 1.165) is 42.2 Å². The van der Waals surface area contributed by atoms with Crippen LogP contribution in [0, 0.1) is 5.92 Å². The van der Waals surface area contributed by atoms with E-state index >= 15 is 0 Å². The average Bonchev–Trinajstić information content (AvgIpc) is 3.10. The summed E-state index contributed by atoms with van der Waals surface area (Å²) in [6, 6.07) is 5.92. The van der Waals surface area contributed by atoms with Gasteiger partial charge in [-0.2, -0.15) is 0 Å². The molecule has 5 heteroatoms. The number of nitrogens with zero attached hydrogens (tertiary/aromatic N) is 1. The van der Waals surface area contributed by atoms with Crippen LogP contribution in [0.25, 0.3) is 0 Å². The van der Waals surface area contributed by atoms with Crippen LogP contribution in [0.4, 0.5) is 0 Å². The Kier molecular flexibility index (Phi) is 5.36. The molecule has 1 heterocycles. The van der Waals surface area contributed by atoms with E-state index in [0.29, 0.717) is 5.91 Å². The Balaban J connectivity index is 1.85. The van der Waals surface area contributed by atoms with E-state index in [1.54, 1.807) is 14.2 Å². The van der Waals surface area contributed by atoms with E-state index in [1.165, 1.54) is 19.3 Å². The molecule has 23 heavy (non-hydrogen) atoms. The zero-order valence-electron chi connectivity index (χ0n) is 13.9. The van der Waals surface area contributed by atoms with E-state index in [2.05, 4.69) is 4.90 Å². The van der Waals surface area contributed by atoms with Gasteiger partial charge in [-0.05, 0) is 18.9 Å². The summed E-state index contributed by atoms with van der Waals surface area (Å²) in [5, 5.41) is 0.0366. The smallest absolute Gasteiger partial charge is 0.226 e. The standard InChI is InChI=1S/C18H25NO3S/c1-21-15-10-6-9-14(16(15)22-2)18-19(11-12-23-18)17(20)13-7-4-3-5-8-13/h6,9-10,13,18H,3-5,7-8,11-12H2,1-2H3. The van der Waals surface area contributed by atoms with Crippen LogP contribution in [0.1, 0.15) is 43.0 Å². The molecule has 1 unspecified atom stereocenters. The van der Waals surface area contributed by atoms with Crippen LogP contribution in [-0.2, 0) is 4.79 Å². The van der Waals surface area contributed by atoms with Gasteiger partial charge in [-0.15, -0.1) is 11.8 Å².